The second-order valence-electron chi connectivity index (χ2n) is 5.71. The molecule has 6 nitrogen and oxygen atoms in total. The lowest BCUT2D eigenvalue weighted by molar-refractivity contribution is 0.112. The van der Waals surface area contributed by atoms with Crippen LogP contribution in [0.4, 0.5) is 0 Å². The Labute approximate surface area is 124 Å². The van der Waals surface area contributed by atoms with E-state index in [1.807, 2.05) is 32.0 Å². The van der Waals surface area contributed by atoms with Gasteiger partial charge in [-0.05, 0) is 30.5 Å². The van der Waals surface area contributed by atoms with E-state index in [9.17, 15) is 0 Å². The van der Waals surface area contributed by atoms with Crippen LogP contribution in [0.2, 0.25) is 0 Å². The van der Waals surface area contributed by atoms with E-state index in [-0.39, 0.29) is 18.0 Å². The number of hydrogen-bond acceptors (Lipinski definition) is 5. The monoisotopic (exact) mass is 294 g/mol. The van der Waals surface area contributed by atoms with E-state index in [1.165, 1.54) is 0 Å². The first-order valence-corrected chi connectivity index (χ1v) is 6.97. The molecule has 3 N–H and O–H groups in total. The van der Waals surface area contributed by atoms with E-state index in [1.54, 1.807) is 0 Å². The minimum Gasteiger partial charge on any atom is -0.454 e. The third kappa shape index (κ3) is 4.01. The quantitative estimate of drug-likeness (QED) is 0.265. The van der Waals surface area contributed by atoms with E-state index in [2.05, 4.69) is 5.16 Å². The maximum Gasteiger partial charge on any atom is 0.231 e. The number of nitrogens with zero attached hydrogens (tertiary/aromatic N) is 1. The maximum atomic E-state index is 8.71. The zero-order valence-corrected chi connectivity index (χ0v) is 12.5. The largest absolute Gasteiger partial charge is 0.454 e. The van der Waals surface area contributed by atoms with Crippen molar-refractivity contribution in [2.24, 2.45) is 16.3 Å². The van der Waals surface area contributed by atoms with Gasteiger partial charge in [-0.2, -0.15) is 0 Å². The molecule has 0 aromatic heterocycles. The maximum absolute atomic E-state index is 8.71. The first kappa shape index (κ1) is 15.4. The van der Waals surface area contributed by atoms with Gasteiger partial charge in [-0.3, -0.25) is 0 Å². The Kier molecular flexibility index (Phi) is 4.90. The number of benzene rings is 1. The molecule has 116 valence electrons. The molecule has 0 atom stereocenters. The van der Waals surface area contributed by atoms with Gasteiger partial charge in [0.2, 0.25) is 6.79 Å². The average molecular weight is 294 g/mol. The van der Waals surface area contributed by atoms with Crippen molar-refractivity contribution in [2.45, 2.75) is 33.3 Å². The molecule has 0 aliphatic carbocycles. The fourth-order valence-corrected chi connectivity index (χ4v) is 2.10. The summed E-state index contributed by atoms with van der Waals surface area (Å²) in [6.45, 7) is 5.32. The molecule has 1 aromatic carbocycles. The fraction of sp³-hybridized carbons (Fsp3) is 0.533. The van der Waals surface area contributed by atoms with Gasteiger partial charge in [-0.25, -0.2) is 0 Å². The molecule has 0 amide bonds. The Morgan fingerprint density at radius 1 is 1.38 bits per heavy atom. The third-order valence-electron chi connectivity index (χ3n) is 3.60. The van der Waals surface area contributed by atoms with Crippen LogP contribution in [0.25, 0.3) is 0 Å². The SMILES string of the molecule is CC(C)(CCCOCc1ccc2c(c1)OCO2)C(N)=NO. The summed E-state index contributed by atoms with van der Waals surface area (Å²) in [5.74, 6) is 1.79. The van der Waals surface area contributed by atoms with Gasteiger partial charge in [-0.15, -0.1) is 0 Å². The highest BCUT2D eigenvalue weighted by molar-refractivity contribution is 5.85. The van der Waals surface area contributed by atoms with Crippen molar-refractivity contribution < 1.29 is 19.4 Å². The Balaban J connectivity index is 1.71. The lowest BCUT2D eigenvalue weighted by Gasteiger charge is -2.22. The second kappa shape index (κ2) is 6.67. The molecule has 0 unspecified atom stereocenters. The van der Waals surface area contributed by atoms with Crippen LogP contribution in [-0.4, -0.2) is 24.4 Å². The van der Waals surface area contributed by atoms with Gasteiger partial charge in [-0.1, -0.05) is 25.1 Å². The molecule has 1 aliphatic heterocycles. The molecule has 1 heterocycles. The third-order valence-corrected chi connectivity index (χ3v) is 3.60. The van der Waals surface area contributed by atoms with Crippen molar-refractivity contribution in [1.82, 2.24) is 0 Å². The normalized spacial score (nSPS) is 14.5. The van der Waals surface area contributed by atoms with Crippen LogP contribution in [0.3, 0.4) is 0 Å². The highest BCUT2D eigenvalue weighted by Crippen LogP contribution is 2.32. The lowest BCUT2D eigenvalue weighted by atomic mass is 9.87. The van der Waals surface area contributed by atoms with Gasteiger partial charge in [0.05, 0.1) is 6.61 Å². The number of fused-ring (bicyclic) bond motifs is 1. The van der Waals surface area contributed by atoms with Crippen molar-refractivity contribution in [2.75, 3.05) is 13.4 Å². The Morgan fingerprint density at radius 2 is 2.14 bits per heavy atom. The molecule has 1 aromatic rings. The van der Waals surface area contributed by atoms with Gasteiger partial charge in [0.25, 0.3) is 0 Å². The van der Waals surface area contributed by atoms with Crippen LogP contribution >= 0.6 is 0 Å². The van der Waals surface area contributed by atoms with Crippen LogP contribution in [0.15, 0.2) is 23.4 Å². The summed E-state index contributed by atoms with van der Waals surface area (Å²) in [6, 6.07) is 5.79. The molecular formula is C15H22N2O4. The van der Waals surface area contributed by atoms with Crippen LogP contribution in [0, 0.1) is 5.41 Å². The molecule has 0 spiro atoms. The second-order valence-corrected chi connectivity index (χ2v) is 5.71. The van der Waals surface area contributed by atoms with E-state index < -0.39 is 0 Å². The predicted octanol–water partition coefficient (Wildman–Crippen LogP) is 2.48. The molecule has 0 saturated heterocycles. The molecule has 0 fully saturated rings. The zero-order chi connectivity index (χ0) is 15.3. The number of amidine groups is 1. The number of rotatable bonds is 7. The first-order valence-electron chi connectivity index (χ1n) is 6.97. The number of hydrogen-bond donors (Lipinski definition) is 2. The van der Waals surface area contributed by atoms with Crippen LogP contribution < -0.4 is 15.2 Å². The predicted molar refractivity (Wildman–Crippen MR) is 78.6 cm³/mol. The van der Waals surface area contributed by atoms with Crippen molar-refractivity contribution in [3.8, 4) is 11.5 Å². The Morgan fingerprint density at radius 3 is 2.90 bits per heavy atom. The van der Waals surface area contributed by atoms with Gasteiger partial charge >= 0.3 is 0 Å². The van der Waals surface area contributed by atoms with Gasteiger partial charge < -0.3 is 25.2 Å². The Bertz CT molecular complexity index is 514. The fourth-order valence-electron chi connectivity index (χ4n) is 2.10. The van der Waals surface area contributed by atoms with Crippen molar-refractivity contribution in [3.63, 3.8) is 0 Å². The summed E-state index contributed by atoms with van der Waals surface area (Å²) in [7, 11) is 0. The minimum absolute atomic E-state index is 0.248. The van der Waals surface area contributed by atoms with Crippen molar-refractivity contribution in [3.05, 3.63) is 23.8 Å². The number of oxime groups is 1. The lowest BCUT2D eigenvalue weighted by Crippen LogP contribution is -2.32. The number of ether oxygens (including phenoxy) is 3. The van der Waals surface area contributed by atoms with Gasteiger partial charge in [0.1, 0.15) is 5.84 Å². The van der Waals surface area contributed by atoms with Crippen molar-refractivity contribution >= 4 is 5.84 Å². The van der Waals surface area contributed by atoms with E-state index in [0.29, 0.717) is 13.2 Å². The van der Waals surface area contributed by atoms with Gasteiger partial charge in [0, 0.05) is 12.0 Å². The highest BCUT2D eigenvalue weighted by atomic mass is 16.7. The summed E-state index contributed by atoms with van der Waals surface area (Å²) in [6.07, 6.45) is 1.64. The molecule has 6 heteroatoms. The summed E-state index contributed by atoms with van der Waals surface area (Å²) >= 11 is 0. The first-order chi connectivity index (χ1) is 10.0. The van der Waals surface area contributed by atoms with Crippen LogP contribution in [-0.2, 0) is 11.3 Å². The smallest absolute Gasteiger partial charge is 0.231 e. The number of nitrogens with two attached hydrogens (primary N) is 1. The van der Waals surface area contributed by atoms with Gasteiger partial charge in [0.15, 0.2) is 11.5 Å². The van der Waals surface area contributed by atoms with E-state index in [0.717, 1.165) is 29.9 Å². The molecule has 0 saturated carbocycles. The van der Waals surface area contributed by atoms with E-state index in [4.69, 9.17) is 25.2 Å². The molecule has 21 heavy (non-hydrogen) atoms. The zero-order valence-electron chi connectivity index (χ0n) is 12.5. The van der Waals surface area contributed by atoms with Crippen molar-refractivity contribution in [1.29, 1.82) is 0 Å². The molecule has 0 radical (unpaired) electrons. The molecule has 2 rings (SSSR count). The minimum atomic E-state index is -0.323. The highest BCUT2D eigenvalue weighted by Gasteiger charge is 2.22. The summed E-state index contributed by atoms with van der Waals surface area (Å²) in [5.41, 5.74) is 6.37. The van der Waals surface area contributed by atoms with Crippen LogP contribution in [0.1, 0.15) is 32.3 Å². The average Bonchev–Trinajstić information content (AvgIpc) is 2.93. The topological polar surface area (TPSA) is 86.3 Å². The standard InChI is InChI=1S/C15H22N2O4/c1-15(2,14(16)17-18)6-3-7-19-9-11-4-5-12-13(8-11)21-10-20-12/h4-5,8,18H,3,6-7,9-10H2,1-2H3,(H2,16,17). The summed E-state index contributed by atoms with van der Waals surface area (Å²) in [4.78, 5) is 0. The summed E-state index contributed by atoms with van der Waals surface area (Å²) in [5, 5.41) is 11.8. The van der Waals surface area contributed by atoms with Crippen LogP contribution in [0.5, 0.6) is 11.5 Å². The summed E-state index contributed by atoms with van der Waals surface area (Å²) < 4.78 is 16.2. The Hall–Kier alpha value is -1.95. The molecular weight excluding hydrogens is 272 g/mol. The van der Waals surface area contributed by atoms with E-state index >= 15 is 0 Å². The molecule has 1 aliphatic rings. The molecule has 0 bridgehead atoms.